The van der Waals surface area contributed by atoms with Crippen molar-refractivity contribution in [2.75, 3.05) is 20.1 Å². The van der Waals surface area contributed by atoms with E-state index in [2.05, 4.69) is 25.8 Å². The molecule has 0 spiro atoms. The summed E-state index contributed by atoms with van der Waals surface area (Å²) in [6.07, 6.45) is 1.19. The summed E-state index contributed by atoms with van der Waals surface area (Å²) in [5.74, 6) is 2.65. The molecule has 3 heteroatoms. The highest BCUT2D eigenvalue weighted by atomic mass is 16.3. The predicted octanol–water partition coefficient (Wildman–Crippen LogP) is 2.57. The molecule has 0 saturated heterocycles. The van der Waals surface area contributed by atoms with E-state index in [9.17, 15) is 0 Å². The van der Waals surface area contributed by atoms with Crippen molar-refractivity contribution in [2.45, 2.75) is 33.2 Å². The van der Waals surface area contributed by atoms with Crippen LogP contribution < -0.4 is 5.73 Å². The van der Waals surface area contributed by atoms with Gasteiger partial charge in [-0.15, -0.1) is 0 Å². The Bertz CT molecular complexity index is 307. The highest BCUT2D eigenvalue weighted by molar-refractivity contribution is 5.10. The van der Waals surface area contributed by atoms with Crippen LogP contribution in [0.3, 0.4) is 0 Å². The molecule has 0 aromatic carbocycles. The van der Waals surface area contributed by atoms with Crippen LogP contribution in [0.25, 0.3) is 0 Å². The van der Waals surface area contributed by atoms with Gasteiger partial charge in [-0.1, -0.05) is 13.8 Å². The van der Waals surface area contributed by atoms with Crippen molar-refractivity contribution >= 4 is 0 Å². The van der Waals surface area contributed by atoms with Crippen molar-refractivity contribution < 1.29 is 4.42 Å². The maximum atomic E-state index is 5.82. The van der Waals surface area contributed by atoms with E-state index in [-0.39, 0.29) is 6.04 Å². The second-order valence-electron chi connectivity index (χ2n) is 4.86. The van der Waals surface area contributed by atoms with Gasteiger partial charge in [-0.25, -0.2) is 0 Å². The van der Waals surface area contributed by atoms with Gasteiger partial charge < -0.3 is 10.2 Å². The summed E-state index contributed by atoms with van der Waals surface area (Å²) < 4.78 is 5.64. The van der Waals surface area contributed by atoms with Gasteiger partial charge in [0.15, 0.2) is 0 Å². The van der Waals surface area contributed by atoms with E-state index in [1.165, 1.54) is 6.42 Å². The fraction of sp³-hybridized carbons (Fsp3) is 0.692. The van der Waals surface area contributed by atoms with Crippen LogP contribution in [0, 0.1) is 12.8 Å². The molecule has 2 N–H and O–H groups in total. The zero-order chi connectivity index (χ0) is 12.1. The number of aryl methyl sites for hydroxylation is 1. The minimum absolute atomic E-state index is 0.201. The first-order valence-electron chi connectivity index (χ1n) is 6.01. The highest BCUT2D eigenvalue weighted by Gasteiger charge is 2.18. The average molecular weight is 224 g/mol. The van der Waals surface area contributed by atoms with E-state index in [1.807, 2.05) is 19.1 Å². The first-order chi connectivity index (χ1) is 7.54. The zero-order valence-electron chi connectivity index (χ0n) is 10.9. The first-order valence-corrected chi connectivity index (χ1v) is 6.01. The molecule has 16 heavy (non-hydrogen) atoms. The number of hydrogen-bond donors (Lipinski definition) is 1. The molecule has 1 heterocycles. The molecule has 0 amide bonds. The van der Waals surface area contributed by atoms with Crippen molar-refractivity contribution in [1.29, 1.82) is 0 Å². The van der Waals surface area contributed by atoms with Crippen molar-refractivity contribution in [2.24, 2.45) is 11.7 Å². The number of nitrogens with two attached hydrogens (primary N) is 1. The van der Waals surface area contributed by atoms with Crippen LogP contribution in [-0.4, -0.2) is 25.0 Å². The molecule has 1 aromatic rings. The van der Waals surface area contributed by atoms with Crippen LogP contribution in [0.2, 0.25) is 0 Å². The SMILES string of the molecule is Cc1ccc(C(CN)N(C)CCC(C)C)o1. The van der Waals surface area contributed by atoms with Crippen LogP contribution in [0.1, 0.15) is 37.8 Å². The van der Waals surface area contributed by atoms with Crippen molar-refractivity contribution in [3.05, 3.63) is 23.7 Å². The number of rotatable bonds is 6. The second kappa shape index (κ2) is 6.06. The normalized spacial score (nSPS) is 13.7. The van der Waals surface area contributed by atoms with Gasteiger partial charge in [0.05, 0.1) is 6.04 Å². The minimum atomic E-state index is 0.201. The number of likely N-dealkylation sites (N-methyl/N-ethyl adjacent to an activating group) is 1. The molecule has 0 radical (unpaired) electrons. The Kier molecular flexibility index (Phi) is 5.03. The molecule has 0 fully saturated rings. The molecule has 92 valence electrons. The molecule has 1 unspecified atom stereocenters. The summed E-state index contributed by atoms with van der Waals surface area (Å²) in [5, 5.41) is 0. The molecule has 0 aliphatic rings. The molecule has 3 nitrogen and oxygen atoms in total. The molecular formula is C13H24N2O. The topological polar surface area (TPSA) is 42.4 Å². The molecule has 1 atom stereocenters. The first kappa shape index (κ1) is 13.3. The molecule has 0 aliphatic heterocycles. The van der Waals surface area contributed by atoms with Crippen LogP contribution in [0.5, 0.6) is 0 Å². The average Bonchev–Trinajstić information content (AvgIpc) is 2.63. The highest BCUT2D eigenvalue weighted by Crippen LogP contribution is 2.21. The van der Waals surface area contributed by atoms with Crippen molar-refractivity contribution in [3.8, 4) is 0 Å². The fourth-order valence-electron chi connectivity index (χ4n) is 1.76. The standard InChI is InChI=1S/C13H24N2O/c1-10(2)7-8-15(4)12(9-14)13-6-5-11(3)16-13/h5-6,10,12H,7-9,14H2,1-4H3. The van der Waals surface area contributed by atoms with Crippen molar-refractivity contribution in [1.82, 2.24) is 4.90 Å². The molecule has 0 bridgehead atoms. The van der Waals surface area contributed by atoms with Crippen LogP contribution in [0.15, 0.2) is 16.5 Å². The van der Waals surface area contributed by atoms with Gasteiger partial charge in [0.25, 0.3) is 0 Å². The molecule has 0 saturated carbocycles. The van der Waals surface area contributed by atoms with Crippen molar-refractivity contribution in [3.63, 3.8) is 0 Å². The van der Waals surface area contributed by atoms with E-state index in [4.69, 9.17) is 10.2 Å². The summed E-state index contributed by atoms with van der Waals surface area (Å²) in [5.41, 5.74) is 5.82. The lowest BCUT2D eigenvalue weighted by atomic mass is 10.1. The Morgan fingerprint density at radius 2 is 2.06 bits per heavy atom. The summed E-state index contributed by atoms with van der Waals surface area (Å²) in [6, 6.07) is 4.22. The summed E-state index contributed by atoms with van der Waals surface area (Å²) in [6.45, 7) is 8.09. The zero-order valence-corrected chi connectivity index (χ0v) is 10.9. The van der Waals surface area contributed by atoms with Crippen LogP contribution in [0.4, 0.5) is 0 Å². The van der Waals surface area contributed by atoms with E-state index < -0.39 is 0 Å². The van der Waals surface area contributed by atoms with Gasteiger partial charge in [-0.05, 0) is 45.0 Å². The summed E-state index contributed by atoms with van der Waals surface area (Å²) >= 11 is 0. The number of nitrogens with zero attached hydrogens (tertiary/aromatic N) is 1. The van der Waals surface area contributed by atoms with E-state index >= 15 is 0 Å². The lowest BCUT2D eigenvalue weighted by Crippen LogP contribution is -2.31. The quantitative estimate of drug-likeness (QED) is 0.807. The maximum Gasteiger partial charge on any atom is 0.122 e. The number of hydrogen-bond acceptors (Lipinski definition) is 3. The molecule has 1 aromatic heterocycles. The maximum absolute atomic E-state index is 5.82. The van der Waals surface area contributed by atoms with Gasteiger partial charge in [-0.2, -0.15) is 0 Å². The van der Waals surface area contributed by atoms with Gasteiger partial charge in [-0.3, -0.25) is 4.90 Å². The second-order valence-corrected chi connectivity index (χ2v) is 4.86. The third kappa shape index (κ3) is 3.65. The molecular weight excluding hydrogens is 200 g/mol. The minimum Gasteiger partial charge on any atom is -0.465 e. The number of furan rings is 1. The predicted molar refractivity (Wildman–Crippen MR) is 67.3 cm³/mol. The molecule has 1 rings (SSSR count). The summed E-state index contributed by atoms with van der Waals surface area (Å²) in [4.78, 5) is 2.28. The Labute approximate surface area is 98.6 Å². The summed E-state index contributed by atoms with van der Waals surface area (Å²) in [7, 11) is 2.11. The third-order valence-corrected chi connectivity index (χ3v) is 2.90. The fourth-order valence-corrected chi connectivity index (χ4v) is 1.76. The van der Waals surface area contributed by atoms with E-state index in [1.54, 1.807) is 0 Å². The molecule has 0 aliphatic carbocycles. The Morgan fingerprint density at radius 1 is 1.38 bits per heavy atom. The smallest absolute Gasteiger partial charge is 0.122 e. The third-order valence-electron chi connectivity index (χ3n) is 2.90. The van der Waals surface area contributed by atoms with E-state index in [0.29, 0.717) is 6.54 Å². The van der Waals surface area contributed by atoms with E-state index in [0.717, 1.165) is 24.0 Å². The Morgan fingerprint density at radius 3 is 2.50 bits per heavy atom. The van der Waals surface area contributed by atoms with Gasteiger partial charge in [0.1, 0.15) is 11.5 Å². The van der Waals surface area contributed by atoms with Crippen LogP contribution in [-0.2, 0) is 0 Å². The van der Waals surface area contributed by atoms with Gasteiger partial charge >= 0.3 is 0 Å². The van der Waals surface area contributed by atoms with Gasteiger partial charge in [0.2, 0.25) is 0 Å². The lowest BCUT2D eigenvalue weighted by Gasteiger charge is -2.25. The monoisotopic (exact) mass is 224 g/mol. The Balaban J connectivity index is 2.59. The Hall–Kier alpha value is -0.800. The largest absolute Gasteiger partial charge is 0.465 e. The lowest BCUT2D eigenvalue weighted by molar-refractivity contribution is 0.208. The van der Waals surface area contributed by atoms with Gasteiger partial charge in [0, 0.05) is 6.54 Å². The van der Waals surface area contributed by atoms with Crippen LogP contribution >= 0.6 is 0 Å².